The highest BCUT2D eigenvalue weighted by molar-refractivity contribution is 7.99. The summed E-state index contributed by atoms with van der Waals surface area (Å²) in [5.41, 5.74) is 1.95. The van der Waals surface area contributed by atoms with E-state index in [0.717, 1.165) is 26.3 Å². The van der Waals surface area contributed by atoms with Gasteiger partial charge in [-0.1, -0.05) is 30.0 Å². The number of rotatable bonds is 7. The molecule has 0 radical (unpaired) electrons. The average molecular weight is 362 g/mol. The van der Waals surface area contributed by atoms with Gasteiger partial charge in [0, 0.05) is 6.54 Å². The van der Waals surface area contributed by atoms with Crippen molar-refractivity contribution in [3.63, 3.8) is 0 Å². The molecule has 0 atom stereocenters. The van der Waals surface area contributed by atoms with Gasteiger partial charge in [0.15, 0.2) is 5.16 Å². The number of hydrogen-bond donors (Lipinski definition) is 2. The Kier molecular flexibility index (Phi) is 5.32. The maximum Gasteiger partial charge on any atom is 0.230 e. The fourth-order valence-corrected chi connectivity index (χ4v) is 4.13. The van der Waals surface area contributed by atoms with Crippen LogP contribution in [0.3, 0.4) is 0 Å². The quantitative estimate of drug-likeness (QED) is 0.488. The monoisotopic (exact) mass is 361 g/mol. The Morgan fingerprint density at radius 3 is 2.70 bits per heavy atom. The molecule has 0 aliphatic carbocycles. The Bertz CT molecular complexity index is 724. The van der Waals surface area contributed by atoms with E-state index in [1.54, 1.807) is 28.7 Å². The maximum atomic E-state index is 11.7. The molecule has 0 aromatic carbocycles. The van der Waals surface area contributed by atoms with E-state index in [1.807, 2.05) is 22.9 Å². The largest absolute Gasteiger partial charge is 0.352 e. The highest BCUT2D eigenvalue weighted by Gasteiger charge is 2.16. The fourth-order valence-electron chi connectivity index (χ4n) is 1.98. The number of hydrogen-bond acceptors (Lipinski definition) is 5. The lowest BCUT2D eigenvalue weighted by atomic mass is 10.2. The lowest BCUT2D eigenvalue weighted by molar-refractivity contribution is -0.118. The molecule has 0 aliphatic heterocycles. The zero-order chi connectivity index (χ0) is 16.1. The van der Waals surface area contributed by atoms with Crippen LogP contribution in [-0.4, -0.2) is 28.2 Å². The number of thiophene rings is 2. The van der Waals surface area contributed by atoms with E-state index in [4.69, 9.17) is 0 Å². The van der Waals surface area contributed by atoms with Gasteiger partial charge in [0.2, 0.25) is 5.91 Å². The third-order valence-corrected chi connectivity index (χ3v) is 5.63. The molecule has 0 aliphatic rings. The summed E-state index contributed by atoms with van der Waals surface area (Å²) >= 11 is 4.73. The van der Waals surface area contributed by atoms with Crippen LogP contribution >= 0.6 is 34.4 Å². The lowest BCUT2D eigenvalue weighted by Gasteiger charge is -1.99. The molecule has 0 bridgehead atoms. The molecule has 0 unspecified atom stereocenters. The number of aromatic nitrogens is 2. The molecule has 3 aromatic heterocycles. The number of nitrogens with one attached hydrogen (secondary N) is 2. The van der Waals surface area contributed by atoms with Gasteiger partial charge in [-0.25, -0.2) is 4.98 Å². The molecule has 23 heavy (non-hydrogen) atoms. The normalized spacial score (nSPS) is 10.6. The second kappa shape index (κ2) is 7.63. The van der Waals surface area contributed by atoms with E-state index in [-0.39, 0.29) is 5.91 Å². The topological polar surface area (TPSA) is 57.8 Å². The maximum absolute atomic E-state index is 11.7. The van der Waals surface area contributed by atoms with Crippen LogP contribution in [-0.2, 0) is 4.79 Å². The number of imidazole rings is 1. The standard InChI is InChI=1S/C16H15N3OS3/c1-2-7-17-13(20)10-23-16-18-14(11-5-3-8-21-11)15(19-16)12-6-4-9-22-12/h2-6,8-9H,1,7,10H2,(H,17,20)(H,18,19). The van der Waals surface area contributed by atoms with Crippen LogP contribution in [0, 0.1) is 0 Å². The van der Waals surface area contributed by atoms with Crippen LogP contribution in [0.1, 0.15) is 0 Å². The summed E-state index contributed by atoms with van der Waals surface area (Å²) in [7, 11) is 0. The van der Waals surface area contributed by atoms with E-state index in [9.17, 15) is 4.79 Å². The first-order valence-electron chi connectivity index (χ1n) is 6.96. The summed E-state index contributed by atoms with van der Waals surface area (Å²) in [4.78, 5) is 22.0. The van der Waals surface area contributed by atoms with Crippen molar-refractivity contribution in [2.45, 2.75) is 5.16 Å². The predicted molar refractivity (Wildman–Crippen MR) is 99.1 cm³/mol. The Labute approximate surface area is 146 Å². The molecule has 2 N–H and O–H groups in total. The second-order valence-corrected chi connectivity index (χ2v) is 7.46. The molecule has 7 heteroatoms. The number of nitrogens with zero attached hydrogens (tertiary/aromatic N) is 1. The number of carbonyl (C=O) groups is 1. The zero-order valence-corrected chi connectivity index (χ0v) is 14.7. The molecule has 4 nitrogen and oxygen atoms in total. The smallest absolute Gasteiger partial charge is 0.230 e. The van der Waals surface area contributed by atoms with Gasteiger partial charge in [-0.3, -0.25) is 4.79 Å². The average Bonchev–Trinajstić information content (AvgIpc) is 3.30. The van der Waals surface area contributed by atoms with Crippen molar-refractivity contribution in [2.75, 3.05) is 12.3 Å². The molecule has 118 valence electrons. The van der Waals surface area contributed by atoms with Crippen molar-refractivity contribution in [1.82, 2.24) is 15.3 Å². The number of aromatic amines is 1. The van der Waals surface area contributed by atoms with Crippen LogP contribution in [0.5, 0.6) is 0 Å². The molecule has 0 saturated heterocycles. The minimum absolute atomic E-state index is 0.0263. The van der Waals surface area contributed by atoms with Crippen LogP contribution in [0.15, 0.2) is 52.8 Å². The van der Waals surface area contributed by atoms with Crippen molar-refractivity contribution in [1.29, 1.82) is 0 Å². The van der Waals surface area contributed by atoms with Crippen molar-refractivity contribution >= 4 is 40.3 Å². The summed E-state index contributed by atoms with van der Waals surface area (Å²) in [6.07, 6.45) is 1.67. The molecule has 3 aromatic rings. The second-order valence-electron chi connectivity index (χ2n) is 4.60. The lowest BCUT2D eigenvalue weighted by Crippen LogP contribution is -2.24. The number of thioether (sulfide) groups is 1. The SMILES string of the molecule is C=CCNC(=O)CSc1nc(-c2cccs2)c(-c2cccs2)[nH]1. The number of amides is 1. The van der Waals surface area contributed by atoms with Crippen molar-refractivity contribution < 1.29 is 4.79 Å². The van der Waals surface area contributed by atoms with Gasteiger partial charge in [-0.05, 0) is 22.9 Å². The van der Waals surface area contributed by atoms with Crippen LogP contribution in [0.2, 0.25) is 0 Å². The third-order valence-electron chi connectivity index (χ3n) is 2.99. The number of carbonyl (C=O) groups excluding carboxylic acids is 1. The molecule has 0 spiro atoms. The van der Waals surface area contributed by atoms with E-state index in [1.165, 1.54) is 11.8 Å². The molecule has 3 rings (SSSR count). The summed E-state index contributed by atoms with van der Waals surface area (Å²) in [5.74, 6) is 0.302. The first-order valence-corrected chi connectivity index (χ1v) is 9.70. The summed E-state index contributed by atoms with van der Waals surface area (Å²) in [6, 6.07) is 8.17. The summed E-state index contributed by atoms with van der Waals surface area (Å²) in [5, 5.41) is 7.60. The Morgan fingerprint density at radius 1 is 1.30 bits per heavy atom. The van der Waals surface area contributed by atoms with Gasteiger partial charge in [0.1, 0.15) is 5.69 Å². The van der Waals surface area contributed by atoms with Crippen molar-refractivity contribution in [2.24, 2.45) is 0 Å². The van der Waals surface area contributed by atoms with E-state index >= 15 is 0 Å². The van der Waals surface area contributed by atoms with Gasteiger partial charge in [0.05, 0.1) is 21.2 Å². The summed E-state index contributed by atoms with van der Waals surface area (Å²) in [6.45, 7) is 4.07. The van der Waals surface area contributed by atoms with Gasteiger partial charge >= 0.3 is 0 Å². The minimum Gasteiger partial charge on any atom is -0.352 e. The molecular formula is C16H15N3OS3. The van der Waals surface area contributed by atoms with Crippen molar-refractivity contribution in [3.8, 4) is 21.1 Å². The first kappa shape index (κ1) is 16.0. The molecule has 1 amide bonds. The van der Waals surface area contributed by atoms with Crippen LogP contribution in [0.25, 0.3) is 21.1 Å². The van der Waals surface area contributed by atoms with Gasteiger partial charge < -0.3 is 10.3 Å². The van der Waals surface area contributed by atoms with E-state index < -0.39 is 0 Å². The van der Waals surface area contributed by atoms with Gasteiger partial charge in [-0.2, -0.15) is 0 Å². The first-order chi connectivity index (χ1) is 11.3. The highest BCUT2D eigenvalue weighted by Crippen LogP contribution is 2.36. The van der Waals surface area contributed by atoms with Gasteiger partial charge in [0.25, 0.3) is 0 Å². The minimum atomic E-state index is -0.0263. The van der Waals surface area contributed by atoms with E-state index in [2.05, 4.69) is 34.0 Å². The van der Waals surface area contributed by atoms with Gasteiger partial charge in [-0.15, -0.1) is 29.3 Å². The van der Waals surface area contributed by atoms with Crippen LogP contribution in [0.4, 0.5) is 0 Å². The Hall–Kier alpha value is -1.83. The molecule has 3 heterocycles. The predicted octanol–water partition coefficient (Wildman–Crippen LogP) is 4.26. The zero-order valence-electron chi connectivity index (χ0n) is 12.2. The molecule has 0 fully saturated rings. The highest BCUT2D eigenvalue weighted by atomic mass is 32.2. The number of H-pyrrole nitrogens is 1. The Balaban J connectivity index is 1.81. The Morgan fingerprint density at radius 2 is 2.04 bits per heavy atom. The van der Waals surface area contributed by atoms with E-state index in [0.29, 0.717) is 12.3 Å². The third kappa shape index (κ3) is 3.93. The van der Waals surface area contributed by atoms with Crippen LogP contribution < -0.4 is 5.32 Å². The molecular weight excluding hydrogens is 346 g/mol. The molecule has 0 saturated carbocycles. The summed E-state index contributed by atoms with van der Waals surface area (Å²) < 4.78 is 0. The fraction of sp³-hybridized carbons (Fsp3) is 0.125. The van der Waals surface area contributed by atoms with Crippen molar-refractivity contribution in [3.05, 3.63) is 47.7 Å².